The number of carbonyl (C=O) groups is 1. The summed E-state index contributed by atoms with van der Waals surface area (Å²) in [5.74, 6) is 0.930. The first kappa shape index (κ1) is 15.2. The molecule has 1 saturated heterocycles. The molecule has 23 heavy (non-hydrogen) atoms. The molecule has 0 aliphatic carbocycles. The van der Waals surface area contributed by atoms with Gasteiger partial charge in [-0.1, -0.05) is 18.2 Å². The third-order valence-corrected chi connectivity index (χ3v) is 4.07. The molecule has 1 amide bonds. The van der Waals surface area contributed by atoms with Crippen LogP contribution in [0, 0.1) is 4.91 Å². The minimum atomic E-state index is 0.203. The van der Waals surface area contributed by atoms with Crippen molar-refractivity contribution in [2.45, 2.75) is 19.4 Å². The number of methoxy groups -OCH3 is 1. The molecule has 1 heterocycles. The van der Waals surface area contributed by atoms with Gasteiger partial charge in [-0.2, -0.15) is 0 Å². The smallest absolute Gasteiger partial charge is 0.222 e. The second-order valence-corrected chi connectivity index (χ2v) is 5.60. The van der Waals surface area contributed by atoms with Gasteiger partial charge in [0.25, 0.3) is 0 Å². The van der Waals surface area contributed by atoms with E-state index >= 15 is 0 Å². The second kappa shape index (κ2) is 6.60. The number of amides is 1. The molecular formula is C18H18N2O3. The lowest BCUT2D eigenvalue weighted by atomic mass is 10.0. The monoisotopic (exact) mass is 310 g/mol. The predicted octanol–water partition coefficient (Wildman–Crippen LogP) is 3.88. The van der Waals surface area contributed by atoms with E-state index < -0.39 is 0 Å². The lowest BCUT2D eigenvalue weighted by molar-refractivity contribution is -0.128. The molecule has 0 radical (unpaired) electrons. The van der Waals surface area contributed by atoms with Crippen LogP contribution in [0.4, 0.5) is 5.69 Å². The van der Waals surface area contributed by atoms with Gasteiger partial charge in [0.05, 0.1) is 7.11 Å². The van der Waals surface area contributed by atoms with Crippen LogP contribution in [-0.2, 0) is 11.3 Å². The highest BCUT2D eigenvalue weighted by Crippen LogP contribution is 2.33. The summed E-state index contributed by atoms with van der Waals surface area (Å²) in [6.45, 7) is 1.41. The van der Waals surface area contributed by atoms with E-state index in [4.69, 9.17) is 4.74 Å². The maximum Gasteiger partial charge on any atom is 0.222 e. The van der Waals surface area contributed by atoms with Crippen LogP contribution in [0.2, 0.25) is 0 Å². The maximum atomic E-state index is 11.8. The summed E-state index contributed by atoms with van der Waals surface area (Å²) in [6.07, 6.45) is 1.56. The summed E-state index contributed by atoms with van der Waals surface area (Å²) >= 11 is 0. The Morgan fingerprint density at radius 1 is 1.22 bits per heavy atom. The van der Waals surface area contributed by atoms with Gasteiger partial charge in [0, 0.05) is 25.1 Å². The molecule has 5 nitrogen and oxygen atoms in total. The van der Waals surface area contributed by atoms with E-state index in [1.807, 2.05) is 29.2 Å². The summed E-state index contributed by atoms with van der Waals surface area (Å²) < 4.78 is 5.43. The Hall–Kier alpha value is -2.69. The second-order valence-electron chi connectivity index (χ2n) is 5.60. The van der Waals surface area contributed by atoms with Crippen molar-refractivity contribution >= 4 is 11.6 Å². The van der Waals surface area contributed by atoms with Crippen LogP contribution < -0.4 is 4.74 Å². The first-order valence-corrected chi connectivity index (χ1v) is 7.60. The Kier molecular flexibility index (Phi) is 4.37. The Morgan fingerprint density at radius 3 is 2.78 bits per heavy atom. The highest BCUT2D eigenvalue weighted by molar-refractivity contribution is 5.78. The van der Waals surface area contributed by atoms with Gasteiger partial charge in [0.2, 0.25) is 5.91 Å². The fourth-order valence-electron chi connectivity index (χ4n) is 2.90. The normalized spacial score (nSPS) is 14.1. The predicted molar refractivity (Wildman–Crippen MR) is 88.5 cm³/mol. The van der Waals surface area contributed by atoms with E-state index in [0.29, 0.717) is 18.7 Å². The molecule has 1 fully saturated rings. The van der Waals surface area contributed by atoms with E-state index in [2.05, 4.69) is 5.18 Å². The first-order chi connectivity index (χ1) is 11.2. The number of hydrogen-bond acceptors (Lipinski definition) is 4. The quantitative estimate of drug-likeness (QED) is 0.787. The Balaban J connectivity index is 1.95. The minimum Gasteiger partial charge on any atom is -0.496 e. The topological polar surface area (TPSA) is 59.0 Å². The molecule has 1 aliphatic heterocycles. The lowest BCUT2D eigenvalue weighted by Crippen LogP contribution is -2.23. The molecule has 5 heteroatoms. The lowest BCUT2D eigenvalue weighted by Gasteiger charge is -2.17. The molecular weight excluding hydrogens is 292 g/mol. The van der Waals surface area contributed by atoms with Crippen molar-refractivity contribution in [3.05, 3.63) is 52.9 Å². The molecule has 0 unspecified atom stereocenters. The summed E-state index contributed by atoms with van der Waals surface area (Å²) in [7, 11) is 1.62. The molecule has 1 aliphatic rings. The number of ether oxygens (including phenoxy) is 1. The number of carbonyl (C=O) groups excluding carboxylic acids is 1. The fourth-order valence-corrected chi connectivity index (χ4v) is 2.90. The fraction of sp³-hybridized carbons (Fsp3) is 0.278. The van der Waals surface area contributed by atoms with Gasteiger partial charge >= 0.3 is 0 Å². The number of likely N-dealkylation sites (tertiary alicyclic amines) is 1. The van der Waals surface area contributed by atoms with Crippen LogP contribution in [0.5, 0.6) is 5.75 Å². The third-order valence-electron chi connectivity index (χ3n) is 4.07. The maximum absolute atomic E-state index is 11.8. The largest absolute Gasteiger partial charge is 0.496 e. The van der Waals surface area contributed by atoms with Crippen molar-refractivity contribution in [3.8, 4) is 16.9 Å². The number of rotatable bonds is 5. The average Bonchev–Trinajstić information content (AvgIpc) is 2.99. The van der Waals surface area contributed by atoms with Gasteiger partial charge in [-0.3, -0.25) is 4.79 Å². The Labute approximate surface area is 134 Å². The number of nitroso groups, excluding NO2 is 1. The van der Waals surface area contributed by atoms with Crippen LogP contribution in [0.3, 0.4) is 0 Å². The summed E-state index contributed by atoms with van der Waals surface area (Å²) in [5, 5.41) is 2.98. The first-order valence-electron chi connectivity index (χ1n) is 7.60. The van der Waals surface area contributed by atoms with Crippen molar-refractivity contribution in [2.24, 2.45) is 5.18 Å². The molecule has 0 atom stereocenters. The number of hydrogen-bond donors (Lipinski definition) is 0. The van der Waals surface area contributed by atoms with Crippen LogP contribution in [0.15, 0.2) is 47.6 Å². The standard InChI is InChI=1S/C18H18N2O3/c1-23-17-8-7-13(12-20-9-3-6-18(20)21)10-16(17)14-4-2-5-15(11-14)19-22/h2,4-5,7-8,10-11H,3,6,9,12H2,1H3. The molecule has 2 aromatic carbocycles. The summed E-state index contributed by atoms with van der Waals surface area (Å²) in [5.41, 5.74) is 3.18. The van der Waals surface area contributed by atoms with Crippen molar-refractivity contribution in [2.75, 3.05) is 13.7 Å². The van der Waals surface area contributed by atoms with Crippen LogP contribution in [0.25, 0.3) is 11.1 Å². The van der Waals surface area contributed by atoms with Gasteiger partial charge in [-0.25, -0.2) is 0 Å². The van der Waals surface area contributed by atoms with Crippen molar-refractivity contribution in [1.29, 1.82) is 0 Å². The number of benzene rings is 2. The molecule has 2 aromatic rings. The Bertz CT molecular complexity index is 743. The zero-order valence-electron chi connectivity index (χ0n) is 13.0. The summed E-state index contributed by atoms with van der Waals surface area (Å²) in [4.78, 5) is 24.4. The van der Waals surface area contributed by atoms with Gasteiger partial charge < -0.3 is 9.64 Å². The highest BCUT2D eigenvalue weighted by Gasteiger charge is 2.20. The van der Waals surface area contributed by atoms with Crippen LogP contribution in [0.1, 0.15) is 18.4 Å². The van der Waals surface area contributed by atoms with Crippen molar-refractivity contribution in [3.63, 3.8) is 0 Å². The SMILES string of the molecule is COc1ccc(CN2CCCC2=O)cc1-c1cccc(N=O)c1. The molecule has 0 aromatic heterocycles. The van der Waals surface area contributed by atoms with Crippen molar-refractivity contribution < 1.29 is 9.53 Å². The Morgan fingerprint density at radius 2 is 2.09 bits per heavy atom. The van der Waals surface area contributed by atoms with E-state index in [0.717, 1.165) is 35.4 Å². The van der Waals surface area contributed by atoms with E-state index in [-0.39, 0.29) is 5.91 Å². The number of nitrogens with zero attached hydrogens (tertiary/aromatic N) is 2. The van der Waals surface area contributed by atoms with Crippen molar-refractivity contribution in [1.82, 2.24) is 4.90 Å². The van der Waals surface area contributed by atoms with Gasteiger partial charge in [0.1, 0.15) is 11.4 Å². The van der Waals surface area contributed by atoms with Crippen LogP contribution in [-0.4, -0.2) is 24.5 Å². The molecule has 0 saturated carbocycles. The molecule has 118 valence electrons. The molecule has 0 N–H and O–H groups in total. The van der Waals surface area contributed by atoms with E-state index in [1.54, 1.807) is 25.3 Å². The zero-order chi connectivity index (χ0) is 16.2. The molecule has 0 spiro atoms. The highest BCUT2D eigenvalue weighted by atomic mass is 16.5. The summed E-state index contributed by atoms with van der Waals surface area (Å²) in [6, 6.07) is 13.0. The van der Waals surface area contributed by atoms with Gasteiger partial charge in [0.15, 0.2) is 0 Å². The van der Waals surface area contributed by atoms with Gasteiger partial charge in [-0.15, -0.1) is 4.91 Å². The minimum absolute atomic E-state index is 0.203. The zero-order valence-corrected chi connectivity index (χ0v) is 13.0. The molecule has 0 bridgehead atoms. The van der Waals surface area contributed by atoms with E-state index in [9.17, 15) is 9.70 Å². The third kappa shape index (κ3) is 3.23. The van der Waals surface area contributed by atoms with Gasteiger partial charge in [-0.05, 0) is 47.0 Å². The molecule has 3 rings (SSSR count). The van der Waals surface area contributed by atoms with E-state index in [1.165, 1.54) is 0 Å². The van der Waals surface area contributed by atoms with Crippen LogP contribution >= 0.6 is 0 Å². The average molecular weight is 310 g/mol.